The molecular weight excluding hydrogens is 220 g/mol. The first-order valence-corrected chi connectivity index (χ1v) is 5.54. The Labute approximate surface area is 101 Å². The van der Waals surface area contributed by atoms with Gasteiger partial charge in [0.05, 0.1) is 12.7 Å². The summed E-state index contributed by atoms with van der Waals surface area (Å²) in [6, 6.07) is 3.32. The van der Waals surface area contributed by atoms with Crippen LogP contribution in [0.4, 0.5) is 5.82 Å². The predicted molar refractivity (Wildman–Crippen MR) is 65.0 cm³/mol. The minimum absolute atomic E-state index is 0.168. The molecule has 0 spiro atoms. The molecule has 0 aromatic carbocycles. The van der Waals surface area contributed by atoms with Crippen molar-refractivity contribution in [3.63, 3.8) is 0 Å². The first kappa shape index (κ1) is 13.4. The monoisotopic (exact) mass is 238 g/mol. The highest BCUT2D eigenvalue weighted by Crippen LogP contribution is 2.00. The van der Waals surface area contributed by atoms with Gasteiger partial charge in [-0.25, -0.2) is 0 Å². The van der Waals surface area contributed by atoms with Crippen molar-refractivity contribution in [1.29, 1.82) is 0 Å². The molecule has 17 heavy (non-hydrogen) atoms. The fourth-order valence-electron chi connectivity index (χ4n) is 1.14. The molecule has 1 aromatic rings. The van der Waals surface area contributed by atoms with E-state index in [4.69, 9.17) is 4.74 Å². The number of anilines is 1. The summed E-state index contributed by atoms with van der Waals surface area (Å²) in [6.07, 6.45) is 0.168. The third-order valence-corrected chi connectivity index (χ3v) is 1.99. The van der Waals surface area contributed by atoms with E-state index >= 15 is 0 Å². The van der Waals surface area contributed by atoms with Crippen LogP contribution in [0.1, 0.15) is 24.3 Å². The summed E-state index contributed by atoms with van der Waals surface area (Å²) in [5.74, 6) is 0.386. The number of carbonyl (C=O) groups excluding carboxylic acids is 1. The first-order chi connectivity index (χ1) is 8.13. The predicted octanol–water partition coefficient (Wildman–Crippen LogP) is 0.673. The first-order valence-electron chi connectivity index (χ1n) is 5.54. The summed E-state index contributed by atoms with van der Waals surface area (Å²) in [5, 5.41) is 13.2. The van der Waals surface area contributed by atoms with Gasteiger partial charge in [0.15, 0.2) is 5.69 Å². The summed E-state index contributed by atoms with van der Waals surface area (Å²) in [5.41, 5.74) is 0.300. The summed E-state index contributed by atoms with van der Waals surface area (Å²) < 4.78 is 5.30. The molecule has 0 radical (unpaired) electrons. The number of nitrogens with zero attached hydrogens (tertiary/aromatic N) is 2. The molecule has 6 nitrogen and oxygen atoms in total. The second-order valence-corrected chi connectivity index (χ2v) is 3.73. The normalized spacial score (nSPS) is 10.4. The minimum atomic E-state index is -0.243. The van der Waals surface area contributed by atoms with Crippen molar-refractivity contribution in [3.8, 4) is 0 Å². The summed E-state index contributed by atoms with van der Waals surface area (Å²) >= 11 is 0. The molecule has 0 aliphatic carbocycles. The van der Waals surface area contributed by atoms with Crippen LogP contribution >= 0.6 is 0 Å². The topological polar surface area (TPSA) is 76.1 Å². The summed E-state index contributed by atoms with van der Waals surface area (Å²) in [4.78, 5) is 11.6. The smallest absolute Gasteiger partial charge is 0.271 e. The van der Waals surface area contributed by atoms with Gasteiger partial charge in [-0.05, 0) is 26.0 Å². The highest BCUT2D eigenvalue weighted by molar-refractivity contribution is 5.92. The number of ether oxygens (including phenoxy) is 1. The molecule has 0 saturated carbocycles. The molecule has 0 fully saturated rings. The van der Waals surface area contributed by atoms with Gasteiger partial charge in [-0.2, -0.15) is 0 Å². The molecule has 1 aromatic heterocycles. The number of rotatable bonds is 6. The van der Waals surface area contributed by atoms with Gasteiger partial charge in [-0.1, -0.05) is 0 Å². The molecule has 1 amide bonds. The number of carbonyl (C=O) groups is 1. The molecule has 0 aliphatic heterocycles. The second kappa shape index (κ2) is 6.80. The van der Waals surface area contributed by atoms with Crippen molar-refractivity contribution in [1.82, 2.24) is 15.5 Å². The Morgan fingerprint density at radius 3 is 2.71 bits per heavy atom. The van der Waals surface area contributed by atoms with Crippen LogP contribution in [0.15, 0.2) is 12.1 Å². The molecule has 0 saturated heterocycles. The van der Waals surface area contributed by atoms with Crippen LogP contribution in [-0.4, -0.2) is 42.4 Å². The average molecular weight is 238 g/mol. The van der Waals surface area contributed by atoms with Crippen LogP contribution in [0.5, 0.6) is 0 Å². The van der Waals surface area contributed by atoms with Crippen LogP contribution in [-0.2, 0) is 4.74 Å². The van der Waals surface area contributed by atoms with Crippen LogP contribution in [0, 0.1) is 0 Å². The van der Waals surface area contributed by atoms with E-state index in [9.17, 15) is 4.79 Å². The number of nitrogens with one attached hydrogen (secondary N) is 2. The maximum absolute atomic E-state index is 11.6. The second-order valence-electron chi connectivity index (χ2n) is 3.73. The van der Waals surface area contributed by atoms with Gasteiger partial charge in [0, 0.05) is 13.6 Å². The number of hydrogen-bond donors (Lipinski definition) is 2. The van der Waals surface area contributed by atoms with Crippen LogP contribution < -0.4 is 10.6 Å². The molecule has 6 heteroatoms. The molecule has 1 heterocycles. The van der Waals surface area contributed by atoms with Gasteiger partial charge in [0.25, 0.3) is 5.91 Å². The molecule has 0 aliphatic rings. The lowest BCUT2D eigenvalue weighted by molar-refractivity contribution is 0.0744. The summed E-state index contributed by atoms with van der Waals surface area (Å²) in [7, 11) is 1.74. The lowest BCUT2D eigenvalue weighted by atomic mass is 10.3. The van der Waals surface area contributed by atoms with Crippen molar-refractivity contribution in [3.05, 3.63) is 17.8 Å². The van der Waals surface area contributed by atoms with E-state index in [2.05, 4.69) is 20.8 Å². The Hall–Kier alpha value is -1.69. The van der Waals surface area contributed by atoms with Gasteiger partial charge in [0.2, 0.25) is 0 Å². The van der Waals surface area contributed by atoms with Gasteiger partial charge in [-0.15, -0.1) is 10.2 Å². The largest absolute Gasteiger partial charge is 0.377 e. The van der Waals surface area contributed by atoms with E-state index in [1.807, 2.05) is 13.8 Å². The fourth-order valence-corrected chi connectivity index (χ4v) is 1.14. The lowest BCUT2D eigenvalue weighted by Crippen LogP contribution is -2.28. The third-order valence-electron chi connectivity index (χ3n) is 1.99. The molecule has 0 unspecified atom stereocenters. The van der Waals surface area contributed by atoms with E-state index in [0.717, 1.165) is 0 Å². The maximum atomic E-state index is 11.6. The molecule has 0 bridgehead atoms. The Balaban J connectivity index is 2.36. The van der Waals surface area contributed by atoms with E-state index in [0.29, 0.717) is 24.7 Å². The zero-order valence-corrected chi connectivity index (χ0v) is 10.4. The highest BCUT2D eigenvalue weighted by atomic mass is 16.5. The lowest BCUT2D eigenvalue weighted by Gasteiger charge is -2.08. The molecule has 94 valence electrons. The Morgan fingerprint density at radius 1 is 1.41 bits per heavy atom. The van der Waals surface area contributed by atoms with Crippen LogP contribution in [0.3, 0.4) is 0 Å². The minimum Gasteiger partial charge on any atom is -0.377 e. The van der Waals surface area contributed by atoms with Crippen molar-refractivity contribution in [2.75, 3.05) is 25.5 Å². The molecular formula is C11H18N4O2. The van der Waals surface area contributed by atoms with E-state index in [1.165, 1.54) is 0 Å². The summed E-state index contributed by atoms with van der Waals surface area (Å²) in [6.45, 7) is 4.85. The maximum Gasteiger partial charge on any atom is 0.271 e. The number of aromatic nitrogens is 2. The standard InChI is InChI=1S/C11H18N4O2/c1-8(2)17-7-6-13-11(16)9-4-5-10(12-3)15-14-9/h4-5,8H,6-7H2,1-3H3,(H,12,15)(H,13,16). The van der Waals surface area contributed by atoms with Crippen molar-refractivity contribution >= 4 is 11.7 Å². The molecule has 0 atom stereocenters. The van der Waals surface area contributed by atoms with Crippen LogP contribution in [0.25, 0.3) is 0 Å². The van der Waals surface area contributed by atoms with Crippen molar-refractivity contribution in [2.24, 2.45) is 0 Å². The van der Waals surface area contributed by atoms with Crippen LogP contribution in [0.2, 0.25) is 0 Å². The van der Waals surface area contributed by atoms with Crippen molar-refractivity contribution < 1.29 is 9.53 Å². The third kappa shape index (κ3) is 4.78. The van der Waals surface area contributed by atoms with E-state index in [1.54, 1.807) is 19.2 Å². The SMILES string of the molecule is CNc1ccc(C(=O)NCCOC(C)C)nn1. The van der Waals surface area contributed by atoms with Gasteiger partial charge in [0.1, 0.15) is 5.82 Å². The fraction of sp³-hybridized carbons (Fsp3) is 0.545. The van der Waals surface area contributed by atoms with E-state index < -0.39 is 0 Å². The van der Waals surface area contributed by atoms with Gasteiger partial charge < -0.3 is 15.4 Å². The van der Waals surface area contributed by atoms with Gasteiger partial charge in [-0.3, -0.25) is 4.79 Å². The number of amides is 1. The highest BCUT2D eigenvalue weighted by Gasteiger charge is 2.07. The zero-order valence-electron chi connectivity index (χ0n) is 10.4. The molecule has 1 rings (SSSR count). The average Bonchev–Trinajstić information content (AvgIpc) is 2.34. The Kier molecular flexibility index (Phi) is 5.35. The van der Waals surface area contributed by atoms with Gasteiger partial charge >= 0.3 is 0 Å². The number of hydrogen-bond acceptors (Lipinski definition) is 5. The quantitative estimate of drug-likeness (QED) is 0.712. The van der Waals surface area contributed by atoms with E-state index in [-0.39, 0.29) is 12.0 Å². The zero-order chi connectivity index (χ0) is 12.7. The Morgan fingerprint density at radius 2 is 2.18 bits per heavy atom. The van der Waals surface area contributed by atoms with Crippen molar-refractivity contribution in [2.45, 2.75) is 20.0 Å². The molecule has 2 N–H and O–H groups in total. The Bertz CT molecular complexity index is 351.